The third-order valence-corrected chi connectivity index (χ3v) is 6.37. The van der Waals surface area contributed by atoms with E-state index in [4.69, 9.17) is 0 Å². The number of sulfonamides is 1. The normalized spacial score (nSPS) is 18.2. The summed E-state index contributed by atoms with van der Waals surface area (Å²) in [6.07, 6.45) is -3.75. The molecule has 0 aromatic heterocycles. The first-order valence-corrected chi connectivity index (χ1v) is 10.3. The van der Waals surface area contributed by atoms with E-state index in [1.165, 1.54) is 28.6 Å². The fourth-order valence-electron chi connectivity index (χ4n) is 3.10. The van der Waals surface area contributed by atoms with Gasteiger partial charge in [0.1, 0.15) is 5.75 Å². The second-order valence-corrected chi connectivity index (χ2v) is 8.51. The molecule has 1 amide bonds. The van der Waals surface area contributed by atoms with Gasteiger partial charge in [-0.05, 0) is 49.2 Å². The zero-order chi connectivity index (χ0) is 21.1. The van der Waals surface area contributed by atoms with Gasteiger partial charge in [0.25, 0.3) is 0 Å². The van der Waals surface area contributed by atoms with Crippen molar-refractivity contribution >= 4 is 21.6 Å². The van der Waals surface area contributed by atoms with E-state index in [1.807, 2.05) is 0 Å². The molecule has 1 saturated heterocycles. The second kappa shape index (κ2) is 8.42. The maximum Gasteiger partial charge on any atom is 0.573 e. The fourth-order valence-corrected chi connectivity index (χ4v) is 4.65. The SMILES string of the molecule is O=C(Nc1ccc(OC(F)(F)F)cc1)[C@H]1CCCN(S(=O)(=O)c2ccccc2)C1. The van der Waals surface area contributed by atoms with Crippen LogP contribution in [0, 0.1) is 5.92 Å². The minimum atomic E-state index is -4.79. The number of nitrogens with zero attached hydrogens (tertiary/aromatic N) is 1. The molecule has 1 aliphatic heterocycles. The first-order chi connectivity index (χ1) is 13.6. The molecule has 0 radical (unpaired) electrons. The van der Waals surface area contributed by atoms with E-state index in [2.05, 4.69) is 10.1 Å². The molecule has 1 atom stereocenters. The summed E-state index contributed by atoms with van der Waals surface area (Å²) in [7, 11) is -3.69. The van der Waals surface area contributed by atoms with Crippen LogP contribution < -0.4 is 10.1 Å². The van der Waals surface area contributed by atoms with E-state index in [-0.39, 0.29) is 17.3 Å². The minimum absolute atomic E-state index is 0.0400. The maximum atomic E-state index is 12.8. The summed E-state index contributed by atoms with van der Waals surface area (Å²) in [5, 5.41) is 2.62. The molecule has 0 aliphatic carbocycles. The summed E-state index contributed by atoms with van der Waals surface area (Å²) >= 11 is 0. The number of rotatable bonds is 5. The molecule has 1 aliphatic rings. The van der Waals surface area contributed by atoms with E-state index in [0.717, 1.165) is 12.1 Å². The van der Waals surface area contributed by atoms with E-state index in [0.29, 0.717) is 25.1 Å². The van der Waals surface area contributed by atoms with E-state index >= 15 is 0 Å². The van der Waals surface area contributed by atoms with Gasteiger partial charge in [-0.25, -0.2) is 8.42 Å². The molecule has 1 heterocycles. The van der Waals surface area contributed by atoms with Gasteiger partial charge in [-0.2, -0.15) is 4.31 Å². The van der Waals surface area contributed by atoms with Crippen LogP contribution in [0.1, 0.15) is 12.8 Å². The summed E-state index contributed by atoms with van der Waals surface area (Å²) in [5.41, 5.74) is 0.299. The molecule has 3 rings (SSSR count). The maximum absolute atomic E-state index is 12.8. The molecule has 1 N–H and O–H groups in total. The van der Waals surface area contributed by atoms with Crippen molar-refractivity contribution in [2.75, 3.05) is 18.4 Å². The highest BCUT2D eigenvalue weighted by atomic mass is 32.2. The molecule has 1 fully saturated rings. The summed E-state index contributed by atoms with van der Waals surface area (Å²) < 4.78 is 67.2. The van der Waals surface area contributed by atoms with Crippen LogP contribution >= 0.6 is 0 Å². The Balaban J connectivity index is 1.64. The van der Waals surface area contributed by atoms with Gasteiger partial charge in [-0.1, -0.05) is 18.2 Å². The lowest BCUT2D eigenvalue weighted by molar-refractivity contribution is -0.274. The monoisotopic (exact) mass is 428 g/mol. The molecular weight excluding hydrogens is 409 g/mol. The minimum Gasteiger partial charge on any atom is -0.406 e. The molecule has 0 unspecified atom stereocenters. The van der Waals surface area contributed by atoms with Crippen molar-refractivity contribution in [3.05, 3.63) is 54.6 Å². The number of nitrogens with one attached hydrogen (secondary N) is 1. The molecule has 2 aromatic carbocycles. The van der Waals surface area contributed by atoms with Gasteiger partial charge in [-0.15, -0.1) is 13.2 Å². The Morgan fingerprint density at radius 1 is 1.07 bits per heavy atom. The first-order valence-electron chi connectivity index (χ1n) is 8.87. The zero-order valence-electron chi connectivity index (χ0n) is 15.2. The largest absolute Gasteiger partial charge is 0.573 e. The smallest absolute Gasteiger partial charge is 0.406 e. The quantitative estimate of drug-likeness (QED) is 0.789. The lowest BCUT2D eigenvalue weighted by Crippen LogP contribution is -2.43. The number of halogens is 3. The Bertz CT molecular complexity index is 948. The molecule has 2 aromatic rings. The van der Waals surface area contributed by atoms with Crippen LogP contribution in [0.25, 0.3) is 0 Å². The zero-order valence-corrected chi connectivity index (χ0v) is 16.0. The average molecular weight is 428 g/mol. The van der Waals surface area contributed by atoms with Crippen LogP contribution in [0.5, 0.6) is 5.75 Å². The van der Waals surface area contributed by atoms with E-state index < -0.39 is 28.1 Å². The van der Waals surface area contributed by atoms with E-state index in [1.54, 1.807) is 18.2 Å². The molecule has 10 heteroatoms. The summed E-state index contributed by atoms with van der Waals surface area (Å²) in [4.78, 5) is 12.7. The highest BCUT2D eigenvalue weighted by Gasteiger charge is 2.33. The van der Waals surface area contributed by atoms with Crippen molar-refractivity contribution < 1.29 is 31.1 Å². The Labute approximate surface area is 166 Å². The molecule has 29 heavy (non-hydrogen) atoms. The topological polar surface area (TPSA) is 75.7 Å². The van der Waals surface area contributed by atoms with Gasteiger partial charge in [-0.3, -0.25) is 4.79 Å². The first kappa shape index (κ1) is 21.1. The number of carbonyl (C=O) groups is 1. The predicted octanol–water partition coefficient (Wildman–Crippen LogP) is 3.62. The van der Waals surface area contributed by atoms with Gasteiger partial charge in [0.2, 0.25) is 15.9 Å². The number of ether oxygens (including phenoxy) is 1. The number of anilines is 1. The van der Waals surface area contributed by atoms with Crippen molar-refractivity contribution in [1.82, 2.24) is 4.31 Å². The van der Waals surface area contributed by atoms with E-state index in [9.17, 15) is 26.4 Å². The lowest BCUT2D eigenvalue weighted by Gasteiger charge is -2.31. The summed E-state index contributed by atoms with van der Waals surface area (Å²) in [5.74, 6) is -1.34. The summed E-state index contributed by atoms with van der Waals surface area (Å²) in [6.45, 7) is 0.364. The molecule has 0 saturated carbocycles. The van der Waals surface area contributed by atoms with Gasteiger partial charge in [0.15, 0.2) is 0 Å². The van der Waals surface area contributed by atoms with Crippen LogP contribution in [0.4, 0.5) is 18.9 Å². The fraction of sp³-hybridized carbons (Fsp3) is 0.316. The Morgan fingerprint density at radius 2 is 1.72 bits per heavy atom. The number of alkyl halides is 3. The predicted molar refractivity (Wildman–Crippen MR) is 99.7 cm³/mol. The lowest BCUT2D eigenvalue weighted by atomic mass is 9.99. The van der Waals surface area contributed by atoms with Crippen molar-refractivity contribution in [3.8, 4) is 5.75 Å². The standard InChI is InChI=1S/C19H19F3N2O4S/c20-19(21,22)28-16-10-8-15(9-11-16)23-18(25)14-5-4-12-24(13-14)29(26,27)17-6-2-1-3-7-17/h1-3,6-11,14H,4-5,12-13H2,(H,23,25)/t14-/m0/s1. The van der Waals surface area contributed by atoms with Crippen molar-refractivity contribution in [3.63, 3.8) is 0 Å². The number of amides is 1. The van der Waals surface area contributed by atoms with Gasteiger partial charge in [0, 0.05) is 18.8 Å². The molecule has 0 spiro atoms. The van der Waals surface area contributed by atoms with Crippen LogP contribution in [0.2, 0.25) is 0 Å². The molecule has 156 valence electrons. The van der Waals surface area contributed by atoms with Gasteiger partial charge >= 0.3 is 6.36 Å². The van der Waals surface area contributed by atoms with Crippen molar-refractivity contribution in [1.29, 1.82) is 0 Å². The average Bonchev–Trinajstić information content (AvgIpc) is 2.69. The Morgan fingerprint density at radius 3 is 2.34 bits per heavy atom. The number of hydrogen-bond acceptors (Lipinski definition) is 4. The van der Waals surface area contributed by atoms with Crippen LogP contribution in [0.3, 0.4) is 0 Å². The third-order valence-electron chi connectivity index (χ3n) is 4.49. The van der Waals surface area contributed by atoms with Crippen LogP contribution in [-0.2, 0) is 14.8 Å². The number of piperidine rings is 1. The third kappa shape index (κ3) is 5.48. The van der Waals surface area contributed by atoms with Gasteiger partial charge < -0.3 is 10.1 Å². The Hall–Kier alpha value is -2.59. The highest BCUT2D eigenvalue weighted by Crippen LogP contribution is 2.26. The number of carbonyl (C=O) groups excluding carboxylic acids is 1. The highest BCUT2D eigenvalue weighted by molar-refractivity contribution is 7.89. The van der Waals surface area contributed by atoms with Crippen LogP contribution in [0.15, 0.2) is 59.5 Å². The Kier molecular flexibility index (Phi) is 6.13. The molecular formula is C19H19F3N2O4S. The molecule has 0 bridgehead atoms. The molecule has 6 nitrogen and oxygen atoms in total. The van der Waals surface area contributed by atoms with Crippen LogP contribution in [-0.4, -0.2) is 38.1 Å². The number of benzene rings is 2. The van der Waals surface area contributed by atoms with Gasteiger partial charge in [0.05, 0.1) is 10.8 Å². The van der Waals surface area contributed by atoms with Crippen molar-refractivity contribution in [2.45, 2.75) is 24.1 Å². The second-order valence-electron chi connectivity index (χ2n) is 6.58. The summed E-state index contributed by atoms with van der Waals surface area (Å²) in [6, 6.07) is 12.8. The number of hydrogen-bond donors (Lipinski definition) is 1. The van der Waals surface area contributed by atoms with Crippen molar-refractivity contribution in [2.24, 2.45) is 5.92 Å².